The van der Waals surface area contributed by atoms with Crippen molar-refractivity contribution in [2.75, 3.05) is 13.2 Å². The number of hydrogen-bond donors (Lipinski definition) is 1. The molecule has 0 aromatic heterocycles. The molecule has 0 saturated carbocycles. The Balaban J connectivity index is 1.58. The molecule has 2 aromatic rings. The Morgan fingerprint density at radius 3 is 1.87 bits per heavy atom. The summed E-state index contributed by atoms with van der Waals surface area (Å²) in [6.07, 6.45) is 1.56. The summed E-state index contributed by atoms with van der Waals surface area (Å²) >= 11 is 0. The van der Waals surface area contributed by atoms with Crippen molar-refractivity contribution in [3.8, 4) is 0 Å². The Labute approximate surface area is 238 Å². The standard InChI is InChI=1S/C32H50O5Si2/c1-30(2,3)38(8,9)37-24(22-32(7)29(36-32)28-27(23-33)35-28)20-21-34-39(31(4,5)6,25-16-12-10-13-17-25)26-18-14-11-15-19-26/h10-19,24,27-29,33H,20-23H2,1-9H3/t24-,27-,28+,29-,32-/m1/s1. The quantitative estimate of drug-likeness (QED) is 0.264. The fourth-order valence-electron chi connectivity index (χ4n) is 5.76. The molecule has 5 nitrogen and oxygen atoms in total. The number of rotatable bonds is 12. The van der Waals surface area contributed by atoms with Crippen molar-refractivity contribution in [2.24, 2.45) is 0 Å². The molecule has 0 unspecified atom stereocenters. The molecule has 39 heavy (non-hydrogen) atoms. The van der Waals surface area contributed by atoms with Gasteiger partial charge in [0.25, 0.3) is 8.32 Å². The van der Waals surface area contributed by atoms with Crippen molar-refractivity contribution < 1.29 is 23.4 Å². The molecule has 0 spiro atoms. The summed E-state index contributed by atoms with van der Waals surface area (Å²) in [5.41, 5.74) is -0.293. The largest absolute Gasteiger partial charge is 0.414 e. The van der Waals surface area contributed by atoms with E-state index in [-0.39, 0.29) is 46.7 Å². The molecule has 216 valence electrons. The molecule has 2 heterocycles. The molecule has 2 saturated heterocycles. The van der Waals surface area contributed by atoms with Crippen molar-refractivity contribution in [1.29, 1.82) is 0 Å². The van der Waals surface area contributed by atoms with Gasteiger partial charge in [0.15, 0.2) is 8.32 Å². The molecule has 2 fully saturated rings. The van der Waals surface area contributed by atoms with E-state index in [1.165, 1.54) is 10.4 Å². The number of hydrogen-bond acceptors (Lipinski definition) is 5. The van der Waals surface area contributed by atoms with Crippen LogP contribution in [-0.2, 0) is 18.3 Å². The lowest BCUT2D eigenvalue weighted by molar-refractivity contribution is 0.110. The van der Waals surface area contributed by atoms with Gasteiger partial charge in [0.05, 0.1) is 18.3 Å². The van der Waals surface area contributed by atoms with Gasteiger partial charge in [-0.3, -0.25) is 0 Å². The topological polar surface area (TPSA) is 63.8 Å². The number of epoxide rings is 2. The second kappa shape index (κ2) is 11.2. The third kappa shape index (κ3) is 6.45. The highest BCUT2D eigenvalue weighted by molar-refractivity contribution is 6.99. The smallest absolute Gasteiger partial charge is 0.261 e. The van der Waals surface area contributed by atoms with Gasteiger partial charge in [-0.05, 0) is 46.9 Å². The maximum Gasteiger partial charge on any atom is 0.261 e. The maximum atomic E-state index is 9.48. The lowest BCUT2D eigenvalue weighted by atomic mass is 9.96. The molecule has 0 aliphatic carbocycles. The van der Waals surface area contributed by atoms with Crippen LogP contribution in [0.3, 0.4) is 0 Å². The van der Waals surface area contributed by atoms with E-state index in [1.54, 1.807) is 0 Å². The summed E-state index contributed by atoms with van der Waals surface area (Å²) in [7, 11) is -4.64. The molecule has 0 amide bonds. The SMILES string of the molecule is CC(C)(C)[Si](C)(C)O[C@H](CCO[Si](c1ccccc1)(c1ccccc1)C(C)(C)C)C[C@@]1(C)O[C@@H]1[C@H]1O[C@@H]1CO. The first-order chi connectivity index (χ1) is 18.1. The van der Waals surface area contributed by atoms with Gasteiger partial charge >= 0.3 is 0 Å². The first kappa shape index (κ1) is 30.6. The zero-order valence-electron chi connectivity index (χ0n) is 25.5. The minimum absolute atomic E-state index is 0.00174. The van der Waals surface area contributed by atoms with Crippen molar-refractivity contribution in [1.82, 2.24) is 0 Å². The van der Waals surface area contributed by atoms with Crippen LogP contribution in [0.4, 0.5) is 0 Å². The fourth-order valence-corrected chi connectivity index (χ4v) is 11.7. The van der Waals surface area contributed by atoms with E-state index in [9.17, 15) is 5.11 Å². The van der Waals surface area contributed by atoms with E-state index in [2.05, 4.69) is 122 Å². The molecule has 1 N–H and O–H groups in total. The highest BCUT2D eigenvalue weighted by Gasteiger charge is 2.65. The van der Waals surface area contributed by atoms with Gasteiger partial charge in [0.2, 0.25) is 0 Å². The predicted octanol–water partition coefficient (Wildman–Crippen LogP) is 5.65. The Hall–Kier alpha value is -1.33. The van der Waals surface area contributed by atoms with E-state index in [0.29, 0.717) is 6.61 Å². The van der Waals surface area contributed by atoms with Crippen molar-refractivity contribution in [3.63, 3.8) is 0 Å². The lowest BCUT2D eigenvalue weighted by Crippen LogP contribution is -2.66. The van der Waals surface area contributed by atoms with Gasteiger partial charge in [0, 0.05) is 13.0 Å². The Kier molecular flexibility index (Phi) is 8.76. The normalized spacial score (nSPS) is 26.4. The predicted molar refractivity (Wildman–Crippen MR) is 164 cm³/mol. The minimum Gasteiger partial charge on any atom is -0.414 e. The molecule has 4 rings (SSSR count). The van der Waals surface area contributed by atoms with Gasteiger partial charge in [-0.25, -0.2) is 0 Å². The third-order valence-electron chi connectivity index (χ3n) is 9.12. The van der Waals surface area contributed by atoms with Crippen LogP contribution in [0.2, 0.25) is 23.2 Å². The number of aliphatic hydroxyl groups excluding tert-OH is 1. The van der Waals surface area contributed by atoms with Crippen molar-refractivity contribution >= 4 is 27.0 Å². The summed E-state index contributed by atoms with van der Waals surface area (Å²) in [6.45, 7) is 21.3. The molecule has 2 aliphatic heterocycles. The molecule has 0 bridgehead atoms. The van der Waals surface area contributed by atoms with Crippen molar-refractivity contribution in [3.05, 3.63) is 60.7 Å². The van der Waals surface area contributed by atoms with Gasteiger partial charge in [0.1, 0.15) is 18.3 Å². The van der Waals surface area contributed by atoms with Crippen LogP contribution in [0.15, 0.2) is 60.7 Å². The first-order valence-corrected chi connectivity index (χ1v) is 19.3. The van der Waals surface area contributed by atoms with E-state index in [0.717, 1.165) is 12.8 Å². The van der Waals surface area contributed by atoms with E-state index in [1.807, 2.05) is 0 Å². The van der Waals surface area contributed by atoms with Gasteiger partial charge in [-0.1, -0.05) is 102 Å². The van der Waals surface area contributed by atoms with E-state index >= 15 is 0 Å². The second-order valence-corrected chi connectivity index (χ2v) is 23.2. The Bertz CT molecular complexity index is 1040. The van der Waals surface area contributed by atoms with Crippen molar-refractivity contribution in [2.45, 2.75) is 114 Å². The molecule has 0 radical (unpaired) electrons. The summed E-state index contributed by atoms with van der Waals surface area (Å²) in [5, 5.41) is 12.1. The van der Waals surface area contributed by atoms with Crippen LogP contribution in [0.25, 0.3) is 0 Å². The monoisotopic (exact) mass is 570 g/mol. The summed E-state index contributed by atoms with van der Waals surface area (Å²) in [5.74, 6) is 0. The average molecular weight is 571 g/mol. The van der Waals surface area contributed by atoms with Gasteiger partial charge < -0.3 is 23.4 Å². The summed E-state index contributed by atoms with van der Waals surface area (Å²) < 4.78 is 26.1. The Morgan fingerprint density at radius 2 is 1.44 bits per heavy atom. The lowest BCUT2D eigenvalue weighted by Gasteiger charge is -2.44. The third-order valence-corrected chi connectivity index (χ3v) is 18.7. The number of benzene rings is 2. The minimum atomic E-state index is -2.61. The Morgan fingerprint density at radius 1 is 0.897 bits per heavy atom. The van der Waals surface area contributed by atoms with Gasteiger partial charge in [-0.2, -0.15) is 0 Å². The molecule has 2 aromatic carbocycles. The highest BCUT2D eigenvalue weighted by Crippen LogP contribution is 2.50. The van der Waals surface area contributed by atoms with E-state index in [4.69, 9.17) is 18.3 Å². The first-order valence-electron chi connectivity index (χ1n) is 14.5. The molecule has 7 heteroatoms. The summed E-state index contributed by atoms with van der Waals surface area (Å²) in [4.78, 5) is 0. The highest BCUT2D eigenvalue weighted by atomic mass is 28.4. The molecule has 2 aliphatic rings. The van der Waals surface area contributed by atoms with Crippen LogP contribution in [0.5, 0.6) is 0 Å². The van der Waals surface area contributed by atoms with Crippen LogP contribution >= 0.6 is 0 Å². The summed E-state index contributed by atoms with van der Waals surface area (Å²) in [6, 6.07) is 21.6. The van der Waals surface area contributed by atoms with Crippen LogP contribution in [-0.4, -0.2) is 65.0 Å². The fraction of sp³-hybridized carbons (Fsp3) is 0.625. The van der Waals surface area contributed by atoms with Crippen LogP contribution in [0.1, 0.15) is 61.3 Å². The average Bonchev–Trinajstić information content (AvgIpc) is 3.76. The number of ether oxygens (including phenoxy) is 2. The van der Waals surface area contributed by atoms with Gasteiger partial charge in [-0.15, -0.1) is 0 Å². The second-order valence-electron chi connectivity index (χ2n) is 14.2. The van der Waals surface area contributed by atoms with E-state index < -0.39 is 16.6 Å². The molecule has 5 atom stereocenters. The molecular formula is C32H50O5Si2. The maximum absolute atomic E-state index is 9.48. The molecular weight excluding hydrogens is 521 g/mol. The zero-order valence-corrected chi connectivity index (χ0v) is 27.5. The van der Waals surface area contributed by atoms with Crippen LogP contribution < -0.4 is 10.4 Å². The number of aliphatic hydroxyl groups is 1. The zero-order chi connectivity index (χ0) is 28.7. The van der Waals surface area contributed by atoms with Crippen LogP contribution in [0, 0.1) is 0 Å².